The largest absolute Gasteiger partial charge is 0.416 e. The molecule has 0 atom stereocenters. The van der Waals surface area contributed by atoms with Crippen LogP contribution in [-0.2, 0) is 6.18 Å². The maximum absolute atomic E-state index is 12.6. The minimum Gasteiger partial charge on any atom is -0.370 e. The van der Waals surface area contributed by atoms with Gasteiger partial charge < -0.3 is 5.73 Å². The van der Waals surface area contributed by atoms with Gasteiger partial charge in [0.2, 0.25) is 0 Å². The number of nitrogens with one attached hydrogen (secondary N) is 2. The number of aryl methyl sites for hydroxylation is 1. The molecule has 1 amide bonds. The Bertz CT molecular complexity index is 514. The van der Waals surface area contributed by atoms with E-state index in [0.717, 1.165) is 6.07 Å². The van der Waals surface area contributed by atoms with E-state index in [1.165, 1.54) is 6.92 Å². The van der Waals surface area contributed by atoms with Gasteiger partial charge in [0.15, 0.2) is 5.96 Å². The summed E-state index contributed by atoms with van der Waals surface area (Å²) < 4.78 is 37.7. The number of halogens is 4. The second-order valence-corrected chi connectivity index (χ2v) is 3.90. The zero-order chi connectivity index (χ0) is 14.1. The van der Waals surface area contributed by atoms with Gasteiger partial charge in [-0.3, -0.25) is 15.5 Å². The van der Waals surface area contributed by atoms with Crippen LogP contribution in [0.25, 0.3) is 0 Å². The first kappa shape index (κ1) is 14.3. The minimum atomic E-state index is -4.58. The summed E-state index contributed by atoms with van der Waals surface area (Å²) in [5, 5.41) is 8.62. The Hall–Kier alpha value is -1.76. The number of alkyl halides is 3. The average molecular weight is 280 g/mol. The zero-order valence-corrected chi connectivity index (χ0v) is 9.91. The molecule has 98 valence electrons. The van der Waals surface area contributed by atoms with E-state index in [4.69, 9.17) is 22.7 Å². The normalized spacial score (nSPS) is 11.2. The molecule has 1 rings (SSSR count). The molecular formula is C10H9ClF3N3O. The van der Waals surface area contributed by atoms with Crippen LogP contribution in [0.3, 0.4) is 0 Å². The van der Waals surface area contributed by atoms with Crippen molar-refractivity contribution in [3.8, 4) is 0 Å². The lowest BCUT2D eigenvalue weighted by Crippen LogP contribution is -2.36. The topological polar surface area (TPSA) is 79.0 Å². The van der Waals surface area contributed by atoms with Crippen LogP contribution in [0.1, 0.15) is 21.5 Å². The zero-order valence-electron chi connectivity index (χ0n) is 9.15. The number of hydrogen-bond donors (Lipinski definition) is 3. The Morgan fingerprint density at radius 1 is 1.44 bits per heavy atom. The summed E-state index contributed by atoms with van der Waals surface area (Å²) in [6, 6.07) is 1.46. The van der Waals surface area contributed by atoms with Gasteiger partial charge in [-0.05, 0) is 24.6 Å². The molecule has 0 bridgehead atoms. The van der Waals surface area contributed by atoms with Crippen molar-refractivity contribution in [2.45, 2.75) is 13.1 Å². The maximum atomic E-state index is 12.6. The molecule has 8 heteroatoms. The Labute approximate surface area is 105 Å². The predicted molar refractivity (Wildman–Crippen MR) is 60.6 cm³/mol. The maximum Gasteiger partial charge on any atom is 0.416 e. The highest BCUT2D eigenvalue weighted by Gasteiger charge is 2.32. The number of hydrogen-bond acceptors (Lipinski definition) is 2. The van der Waals surface area contributed by atoms with E-state index in [1.807, 2.05) is 5.32 Å². The third kappa shape index (κ3) is 3.13. The van der Waals surface area contributed by atoms with Crippen LogP contribution in [0.15, 0.2) is 12.1 Å². The van der Waals surface area contributed by atoms with Gasteiger partial charge in [0.05, 0.1) is 16.1 Å². The molecule has 0 radical (unpaired) electrons. The quantitative estimate of drug-likeness (QED) is 0.545. The molecule has 0 aliphatic carbocycles. The monoisotopic (exact) mass is 279 g/mol. The van der Waals surface area contributed by atoms with Crippen LogP contribution < -0.4 is 11.1 Å². The van der Waals surface area contributed by atoms with Crippen LogP contribution in [0.2, 0.25) is 5.02 Å². The van der Waals surface area contributed by atoms with Gasteiger partial charge >= 0.3 is 6.18 Å². The molecule has 0 aromatic heterocycles. The van der Waals surface area contributed by atoms with Crippen molar-refractivity contribution in [2.75, 3.05) is 0 Å². The highest BCUT2D eigenvalue weighted by atomic mass is 35.5. The van der Waals surface area contributed by atoms with E-state index >= 15 is 0 Å². The van der Waals surface area contributed by atoms with Crippen molar-refractivity contribution in [1.29, 1.82) is 5.41 Å². The summed E-state index contributed by atoms with van der Waals surface area (Å²) >= 11 is 5.75. The fourth-order valence-corrected chi connectivity index (χ4v) is 1.48. The molecule has 0 spiro atoms. The molecule has 1 aromatic carbocycles. The Morgan fingerprint density at radius 3 is 2.44 bits per heavy atom. The lowest BCUT2D eigenvalue weighted by atomic mass is 10.1. The molecule has 0 aliphatic heterocycles. The van der Waals surface area contributed by atoms with Gasteiger partial charge in [-0.25, -0.2) is 0 Å². The second-order valence-electron chi connectivity index (χ2n) is 3.52. The summed E-state index contributed by atoms with van der Waals surface area (Å²) in [4.78, 5) is 11.5. The van der Waals surface area contributed by atoms with Crippen LogP contribution >= 0.6 is 11.6 Å². The van der Waals surface area contributed by atoms with Crippen LogP contribution in [0, 0.1) is 12.3 Å². The summed E-state index contributed by atoms with van der Waals surface area (Å²) in [5.41, 5.74) is 3.68. The van der Waals surface area contributed by atoms with Crippen LogP contribution in [0.4, 0.5) is 13.2 Å². The van der Waals surface area contributed by atoms with Gasteiger partial charge in [-0.1, -0.05) is 11.6 Å². The van der Waals surface area contributed by atoms with E-state index < -0.39 is 23.6 Å². The Balaban J connectivity index is 3.31. The van der Waals surface area contributed by atoms with Crippen molar-refractivity contribution >= 4 is 23.5 Å². The first-order valence-electron chi connectivity index (χ1n) is 4.65. The van der Waals surface area contributed by atoms with Crippen molar-refractivity contribution in [1.82, 2.24) is 5.32 Å². The second kappa shape index (κ2) is 4.85. The number of carbonyl (C=O) groups is 1. The molecule has 0 unspecified atom stereocenters. The molecule has 1 aromatic rings. The fraction of sp³-hybridized carbons (Fsp3) is 0.200. The number of carbonyl (C=O) groups excluding carboxylic acids is 1. The molecule has 0 saturated heterocycles. The lowest BCUT2D eigenvalue weighted by molar-refractivity contribution is -0.137. The summed E-state index contributed by atoms with van der Waals surface area (Å²) in [7, 11) is 0. The highest BCUT2D eigenvalue weighted by Crippen LogP contribution is 2.33. The lowest BCUT2D eigenvalue weighted by Gasteiger charge is -2.12. The minimum absolute atomic E-state index is 0.109. The SMILES string of the molecule is Cc1cc(C(F)(F)F)cc(C(=O)NC(=N)N)c1Cl. The molecule has 18 heavy (non-hydrogen) atoms. The van der Waals surface area contributed by atoms with Crippen LogP contribution in [-0.4, -0.2) is 11.9 Å². The van der Waals surface area contributed by atoms with E-state index in [-0.39, 0.29) is 16.1 Å². The first-order valence-corrected chi connectivity index (χ1v) is 5.03. The molecule has 0 fully saturated rings. The van der Waals surface area contributed by atoms with Gasteiger partial charge in [0.25, 0.3) is 5.91 Å². The summed E-state index contributed by atoms with van der Waals surface area (Å²) in [6.45, 7) is 1.35. The van der Waals surface area contributed by atoms with E-state index in [1.54, 1.807) is 0 Å². The fourth-order valence-electron chi connectivity index (χ4n) is 1.29. The smallest absolute Gasteiger partial charge is 0.370 e. The molecule has 4 N–H and O–H groups in total. The number of nitrogens with two attached hydrogens (primary N) is 1. The molecule has 0 aliphatic rings. The van der Waals surface area contributed by atoms with Crippen molar-refractivity contribution in [3.05, 3.63) is 33.8 Å². The molecule has 4 nitrogen and oxygen atoms in total. The average Bonchev–Trinajstić information content (AvgIpc) is 2.18. The van der Waals surface area contributed by atoms with Crippen LogP contribution in [0.5, 0.6) is 0 Å². The summed E-state index contributed by atoms with van der Waals surface area (Å²) in [6.07, 6.45) is -4.58. The van der Waals surface area contributed by atoms with E-state index in [2.05, 4.69) is 0 Å². The van der Waals surface area contributed by atoms with Crippen molar-refractivity contribution < 1.29 is 18.0 Å². The van der Waals surface area contributed by atoms with Gasteiger partial charge in [-0.2, -0.15) is 13.2 Å². The molecule has 0 heterocycles. The summed E-state index contributed by atoms with van der Waals surface area (Å²) in [5.74, 6) is -1.63. The number of guanidine groups is 1. The highest BCUT2D eigenvalue weighted by molar-refractivity contribution is 6.35. The third-order valence-corrected chi connectivity index (χ3v) is 2.58. The molecular weight excluding hydrogens is 271 g/mol. The number of benzene rings is 1. The van der Waals surface area contributed by atoms with Gasteiger partial charge in [-0.15, -0.1) is 0 Å². The Morgan fingerprint density at radius 2 is 2.00 bits per heavy atom. The van der Waals surface area contributed by atoms with Crippen molar-refractivity contribution in [2.24, 2.45) is 5.73 Å². The first-order chi connectivity index (χ1) is 8.12. The molecule has 0 saturated carbocycles. The number of amides is 1. The van der Waals surface area contributed by atoms with E-state index in [0.29, 0.717) is 6.07 Å². The predicted octanol–water partition coefficient (Wildman–Crippen LogP) is 2.29. The van der Waals surface area contributed by atoms with Crippen molar-refractivity contribution in [3.63, 3.8) is 0 Å². The van der Waals surface area contributed by atoms with Gasteiger partial charge in [0.1, 0.15) is 0 Å². The Kier molecular flexibility index (Phi) is 3.85. The standard InChI is InChI=1S/C10H9ClF3N3O/c1-4-2-5(10(12,13)14)3-6(7(4)11)8(18)17-9(15)16/h2-3H,1H3,(H4,15,16,17,18). The van der Waals surface area contributed by atoms with E-state index in [9.17, 15) is 18.0 Å². The van der Waals surface area contributed by atoms with Gasteiger partial charge in [0, 0.05) is 0 Å². The number of rotatable bonds is 1. The third-order valence-electron chi connectivity index (χ3n) is 2.07.